The lowest BCUT2D eigenvalue weighted by Crippen LogP contribution is -2.13. The van der Waals surface area contributed by atoms with Gasteiger partial charge in [-0.2, -0.15) is 0 Å². The molecule has 6 nitrogen and oxygen atoms in total. The predicted molar refractivity (Wildman–Crippen MR) is 84.5 cm³/mol. The zero-order valence-corrected chi connectivity index (χ0v) is 11.9. The summed E-state index contributed by atoms with van der Waals surface area (Å²) in [4.78, 5) is 6.25. The summed E-state index contributed by atoms with van der Waals surface area (Å²) < 4.78 is 1.84. The second kappa shape index (κ2) is 4.70. The Kier molecular flexibility index (Phi) is 2.69. The lowest BCUT2D eigenvalue weighted by Gasteiger charge is -2.17. The fourth-order valence-corrected chi connectivity index (χ4v) is 2.51. The smallest absolute Gasteiger partial charge is 0.256 e. The topological polar surface area (TPSA) is 66.5 Å². The molecule has 0 unspecified atom stereocenters. The lowest BCUT2D eigenvalue weighted by atomic mass is 10.2. The predicted octanol–water partition coefficient (Wildman–Crippen LogP) is 2.75. The molecule has 0 saturated carbocycles. The molecule has 0 aliphatic heterocycles. The van der Waals surface area contributed by atoms with E-state index in [1.54, 1.807) is 18.3 Å². The summed E-state index contributed by atoms with van der Waals surface area (Å²) in [5.74, 6) is 1.34. The zero-order chi connectivity index (χ0) is 15.1. The first-order chi connectivity index (χ1) is 10.7. The van der Waals surface area contributed by atoms with Crippen LogP contribution in [0.15, 0.2) is 54.7 Å². The summed E-state index contributed by atoms with van der Waals surface area (Å²) in [7, 11) is 1.92. The molecule has 6 heteroatoms. The quantitative estimate of drug-likeness (QED) is 0.615. The molecule has 0 amide bonds. The molecule has 2 heterocycles. The van der Waals surface area contributed by atoms with Gasteiger partial charge in [-0.1, -0.05) is 18.2 Å². The molecule has 2 aromatic carbocycles. The molecular formula is C16H13N5O. The van der Waals surface area contributed by atoms with Crippen molar-refractivity contribution in [2.24, 2.45) is 0 Å². The molecule has 2 aromatic heterocycles. The standard InChI is InChI=1S/C16H13N5O/c1-20(12-5-3-2-4-6-12)16-19-18-15-17-10-11-7-8-13(22)9-14(11)21(15)16/h2-10,22H,1H3. The largest absolute Gasteiger partial charge is 0.508 e. The van der Waals surface area contributed by atoms with Crippen molar-refractivity contribution in [3.05, 3.63) is 54.7 Å². The summed E-state index contributed by atoms with van der Waals surface area (Å²) in [5, 5.41) is 19.1. The number of phenols is 1. The number of nitrogens with zero attached hydrogens (tertiary/aromatic N) is 5. The van der Waals surface area contributed by atoms with Crippen molar-refractivity contribution in [1.82, 2.24) is 19.6 Å². The Morgan fingerprint density at radius 2 is 1.86 bits per heavy atom. The first-order valence-corrected chi connectivity index (χ1v) is 6.86. The van der Waals surface area contributed by atoms with Crippen molar-refractivity contribution < 1.29 is 5.11 Å². The molecule has 4 aromatic rings. The molecule has 0 atom stereocenters. The summed E-state index contributed by atoms with van der Waals surface area (Å²) in [5.41, 5.74) is 1.81. The van der Waals surface area contributed by atoms with E-state index in [4.69, 9.17) is 0 Å². The number of phenolic OH excluding ortho intramolecular Hbond substituents is 1. The van der Waals surface area contributed by atoms with Crippen molar-refractivity contribution >= 4 is 28.3 Å². The monoisotopic (exact) mass is 291 g/mol. The van der Waals surface area contributed by atoms with Crippen molar-refractivity contribution in [2.75, 3.05) is 11.9 Å². The number of anilines is 2. The van der Waals surface area contributed by atoms with Gasteiger partial charge in [-0.05, 0) is 24.3 Å². The van der Waals surface area contributed by atoms with Gasteiger partial charge in [-0.25, -0.2) is 9.38 Å². The summed E-state index contributed by atoms with van der Waals surface area (Å²) in [6, 6.07) is 15.1. The van der Waals surface area contributed by atoms with Gasteiger partial charge in [0.25, 0.3) is 5.78 Å². The van der Waals surface area contributed by atoms with E-state index in [9.17, 15) is 5.11 Å². The first-order valence-electron chi connectivity index (χ1n) is 6.86. The number of benzene rings is 2. The third kappa shape index (κ3) is 1.85. The number of aromatic nitrogens is 4. The van der Waals surface area contributed by atoms with Crippen molar-refractivity contribution in [1.29, 1.82) is 0 Å². The van der Waals surface area contributed by atoms with Crippen molar-refractivity contribution in [3.8, 4) is 5.75 Å². The third-order valence-electron chi connectivity index (χ3n) is 3.65. The minimum Gasteiger partial charge on any atom is -0.508 e. The average molecular weight is 291 g/mol. The lowest BCUT2D eigenvalue weighted by molar-refractivity contribution is 0.476. The normalized spacial score (nSPS) is 11.1. The number of hydrogen-bond donors (Lipinski definition) is 1. The molecule has 4 rings (SSSR count). The van der Waals surface area contributed by atoms with E-state index < -0.39 is 0 Å². The Labute approximate surface area is 126 Å². The second-order valence-corrected chi connectivity index (χ2v) is 5.03. The van der Waals surface area contributed by atoms with E-state index in [2.05, 4.69) is 15.2 Å². The van der Waals surface area contributed by atoms with Gasteiger partial charge in [-0.3, -0.25) is 0 Å². The Hall–Kier alpha value is -3.15. The van der Waals surface area contributed by atoms with E-state index in [0.717, 1.165) is 16.6 Å². The second-order valence-electron chi connectivity index (χ2n) is 5.03. The van der Waals surface area contributed by atoms with Gasteiger partial charge in [0.05, 0.1) is 5.52 Å². The van der Waals surface area contributed by atoms with Crippen LogP contribution in [0.1, 0.15) is 0 Å². The van der Waals surface area contributed by atoms with Gasteiger partial charge in [0.1, 0.15) is 5.75 Å². The summed E-state index contributed by atoms with van der Waals surface area (Å²) in [6.45, 7) is 0. The minimum absolute atomic E-state index is 0.196. The van der Waals surface area contributed by atoms with Crippen LogP contribution in [0, 0.1) is 0 Å². The third-order valence-corrected chi connectivity index (χ3v) is 3.65. The van der Waals surface area contributed by atoms with Crippen LogP contribution in [-0.4, -0.2) is 31.7 Å². The molecule has 0 fully saturated rings. The van der Waals surface area contributed by atoms with Gasteiger partial charge < -0.3 is 10.0 Å². The van der Waals surface area contributed by atoms with Crippen LogP contribution < -0.4 is 4.90 Å². The summed E-state index contributed by atoms with van der Waals surface area (Å²) >= 11 is 0. The van der Waals surface area contributed by atoms with Gasteiger partial charge >= 0.3 is 0 Å². The van der Waals surface area contributed by atoms with Gasteiger partial charge in [0, 0.05) is 30.4 Å². The van der Waals surface area contributed by atoms with Crippen molar-refractivity contribution in [3.63, 3.8) is 0 Å². The maximum Gasteiger partial charge on any atom is 0.256 e. The molecule has 0 saturated heterocycles. The summed E-state index contributed by atoms with van der Waals surface area (Å²) in [6.07, 6.45) is 1.73. The van der Waals surface area contributed by atoms with E-state index in [1.165, 1.54) is 0 Å². The number of fused-ring (bicyclic) bond motifs is 3. The Bertz CT molecular complexity index is 964. The highest BCUT2D eigenvalue weighted by Gasteiger charge is 2.15. The highest BCUT2D eigenvalue weighted by Crippen LogP contribution is 2.26. The fourth-order valence-electron chi connectivity index (χ4n) is 2.51. The van der Waals surface area contributed by atoms with Crippen LogP contribution in [0.3, 0.4) is 0 Å². The molecule has 108 valence electrons. The van der Waals surface area contributed by atoms with Gasteiger partial charge in [0.15, 0.2) is 0 Å². The number of para-hydroxylation sites is 1. The molecule has 1 N–H and O–H groups in total. The minimum atomic E-state index is 0.196. The number of rotatable bonds is 2. The molecule has 0 bridgehead atoms. The van der Waals surface area contributed by atoms with E-state index in [-0.39, 0.29) is 5.75 Å². The Morgan fingerprint density at radius 3 is 2.68 bits per heavy atom. The van der Waals surface area contributed by atoms with E-state index >= 15 is 0 Å². The molecule has 0 spiro atoms. The van der Waals surface area contributed by atoms with E-state index in [0.29, 0.717) is 11.7 Å². The van der Waals surface area contributed by atoms with E-state index in [1.807, 2.05) is 52.7 Å². The van der Waals surface area contributed by atoms with Crippen LogP contribution in [0.2, 0.25) is 0 Å². The fraction of sp³-hybridized carbons (Fsp3) is 0.0625. The molecule has 0 radical (unpaired) electrons. The molecule has 0 aliphatic carbocycles. The van der Waals surface area contributed by atoms with Crippen LogP contribution in [0.5, 0.6) is 5.75 Å². The number of aromatic hydroxyl groups is 1. The Morgan fingerprint density at radius 1 is 1.05 bits per heavy atom. The average Bonchev–Trinajstić information content (AvgIpc) is 2.99. The van der Waals surface area contributed by atoms with Crippen LogP contribution in [0.4, 0.5) is 11.6 Å². The molecular weight excluding hydrogens is 278 g/mol. The first kappa shape index (κ1) is 12.6. The highest BCUT2D eigenvalue weighted by atomic mass is 16.3. The van der Waals surface area contributed by atoms with Gasteiger partial charge in [-0.15, -0.1) is 10.2 Å². The highest BCUT2D eigenvalue weighted by molar-refractivity contribution is 5.83. The zero-order valence-electron chi connectivity index (χ0n) is 11.9. The van der Waals surface area contributed by atoms with Gasteiger partial charge in [0.2, 0.25) is 5.95 Å². The number of hydrogen-bond acceptors (Lipinski definition) is 5. The maximum atomic E-state index is 9.79. The SMILES string of the molecule is CN(c1ccccc1)c1nnc2ncc3ccc(O)cc3n12. The molecule has 0 aliphatic rings. The van der Waals surface area contributed by atoms with Crippen LogP contribution in [0.25, 0.3) is 16.7 Å². The van der Waals surface area contributed by atoms with Crippen molar-refractivity contribution in [2.45, 2.75) is 0 Å². The Balaban J connectivity index is 2.00. The van der Waals surface area contributed by atoms with Crippen LogP contribution >= 0.6 is 0 Å². The molecule has 22 heavy (non-hydrogen) atoms. The van der Waals surface area contributed by atoms with Crippen LogP contribution in [-0.2, 0) is 0 Å². The maximum absolute atomic E-state index is 9.79.